The van der Waals surface area contributed by atoms with Crippen LogP contribution in [0.1, 0.15) is 31.1 Å². The van der Waals surface area contributed by atoms with Crippen molar-refractivity contribution < 1.29 is 9.53 Å². The third kappa shape index (κ3) is 2.59. The van der Waals surface area contributed by atoms with E-state index in [2.05, 4.69) is 21.7 Å². The molecule has 0 spiro atoms. The van der Waals surface area contributed by atoms with Gasteiger partial charge in [0, 0.05) is 12.0 Å². The lowest BCUT2D eigenvalue weighted by Gasteiger charge is -2.07. The molecular weight excluding hydrogens is 192 g/mol. The van der Waals surface area contributed by atoms with E-state index in [1.54, 1.807) is 6.20 Å². The van der Waals surface area contributed by atoms with Crippen molar-refractivity contribution in [1.29, 1.82) is 0 Å². The Bertz CT molecular complexity index is 422. The predicted molar refractivity (Wildman–Crippen MR) is 56.2 cm³/mol. The molecule has 1 heterocycles. The molecule has 0 saturated carbocycles. The van der Waals surface area contributed by atoms with Crippen LogP contribution in [0.2, 0.25) is 0 Å². The van der Waals surface area contributed by atoms with E-state index in [0.717, 1.165) is 11.3 Å². The molecule has 1 aromatic rings. The van der Waals surface area contributed by atoms with Gasteiger partial charge in [0.1, 0.15) is 0 Å². The summed E-state index contributed by atoms with van der Waals surface area (Å²) in [4.78, 5) is 10.8. The molecule has 80 valence electrons. The van der Waals surface area contributed by atoms with Gasteiger partial charge in [-0.1, -0.05) is 5.92 Å². The Morgan fingerprint density at radius 1 is 1.60 bits per heavy atom. The van der Waals surface area contributed by atoms with E-state index in [1.165, 1.54) is 7.11 Å². The molecular formula is C11H14N2O2. The SMILES string of the molecule is COC(=O)C#Cc1cnn(C(C)C)c1C. The fourth-order valence-electron chi connectivity index (χ4n) is 1.24. The summed E-state index contributed by atoms with van der Waals surface area (Å²) < 4.78 is 6.29. The third-order valence-corrected chi connectivity index (χ3v) is 2.02. The van der Waals surface area contributed by atoms with Gasteiger partial charge in [0.25, 0.3) is 0 Å². The average Bonchev–Trinajstić information content (AvgIpc) is 2.56. The van der Waals surface area contributed by atoms with Gasteiger partial charge in [0.05, 0.1) is 24.6 Å². The lowest BCUT2D eigenvalue weighted by molar-refractivity contribution is -0.133. The van der Waals surface area contributed by atoms with Crippen LogP contribution in [0.15, 0.2) is 6.20 Å². The van der Waals surface area contributed by atoms with E-state index in [9.17, 15) is 4.79 Å². The number of hydrogen-bond acceptors (Lipinski definition) is 3. The first kappa shape index (κ1) is 11.3. The van der Waals surface area contributed by atoms with Gasteiger partial charge in [-0.15, -0.1) is 0 Å². The molecule has 0 radical (unpaired) electrons. The number of aromatic nitrogens is 2. The second-order valence-electron chi connectivity index (χ2n) is 3.42. The van der Waals surface area contributed by atoms with Gasteiger partial charge >= 0.3 is 5.97 Å². The Kier molecular flexibility index (Phi) is 3.51. The highest BCUT2D eigenvalue weighted by Crippen LogP contribution is 2.11. The van der Waals surface area contributed by atoms with E-state index in [-0.39, 0.29) is 0 Å². The van der Waals surface area contributed by atoms with Crippen LogP contribution in [-0.4, -0.2) is 22.9 Å². The van der Waals surface area contributed by atoms with Crippen LogP contribution in [-0.2, 0) is 9.53 Å². The van der Waals surface area contributed by atoms with Crippen molar-refractivity contribution in [2.24, 2.45) is 0 Å². The van der Waals surface area contributed by atoms with Gasteiger partial charge in [0.15, 0.2) is 0 Å². The van der Waals surface area contributed by atoms with E-state index in [1.807, 2.05) is 25.5 Å². The number of esters is 1. The molecule has 0 amide bonds. The Labute approximate surface area is 89.2 Å². The summed E-state index contributed by atoms with van der Waals surface area (Å²) in [5.74, 6) is 4.57. The summed E-state index contributed by atoms with van der Waals surface area (Å²) in [5, 5.41) is 4.18. The quantitative estimate of drug-likeness (QED) is 0.514. The predicted octanol–water partition coefficient (Wildman–Crippen LogP) is 1.30. The Hall–Kier alpha value is -1.76. The second kappa shape index (κ2) is 4.65. The van der Waals surface area contributed by atoms with Crippen LogP contribution in [0.5, 0.6) is 0 Å². The average molecular weight is 206 g/mol. The van der Waals surface area contributed by atoms with Crippen LogP contribution in [0.25, 0.3) is 0 Å². The standard InChI is InChI=1S/C11H14N2O2/c1-8(2)13-9(3)10(7-12-13)5-6-11(14)15-4/h7-8H,1-4H3. The van der Waals surface area contributed by atoms with Crippen LogP contribution in [0.3, 0.4) is 0 Å². The highest BCUT2D eigenvalue weighted by Gasteiger charge is 2.06. The lowest BCUT2D eigenvalue weighted by Crippen LogP contribution is -2.04. The fraction of sp³-hybridized carbons (Fsp3) is 0.455. The van der Waals surface area contributed by atoms with E-state index in [0.29, 0.717) is 6.04 Å². The molecule has 0 atom stereocenters. The summed E-state index contributed by atoms with van der Waals surface area (Å²) in [7, 11) is 1.31. The first-order valence-electron chi connectivity index (χ1n) is 4.70. The molecule has 0 aliphatic heterocycles. The van der Waals surface area contributed by atoms with Gasteiger partial charge in [-0.05, 0) is 20.8 Å². The number of carbonyl (C=O) groups is 1. The summed E-state index contributed by atoms with van der Waals surface area (Å²) >= 11 is 0. The summed E-state index contributed by atoms with van der Waals surface area (Å²) in [6.07, 6.45) is 1.66. The first-order valence-corrected chi connectivity index (χ1v) is 4.70. The molecule has 0 fully saturated rings. The van der Waals surface area contributed by atoms with E-state index in [4.69, 9.17) is 0 Å². The first-order chi connectivity index (χ1) is 7.06. The van der Waals surface area contributed by atoms with Crippen molar-refractivity contribution in [3.8, 4) is 11.8 Å². The maximum Gasteiger partial charge on any atom is 0.384 e. The Morgan fingerprint density at radius 2 is 2.27 bits per heavy atom. The van der Waals surface area contributed by atoms with Gasteiger partial charge in [-0.3, -0.25) is 4.68 Å². The molecule has 0 aliphatic carbocycles. The summed E-state index contributed by atoms with van der Waals surface area (Å²) in [6, 6.07) is 0.290. The normalized spacial score (nSPS) is 9.67. The van der Waals surface area contributed by atoms with Crippen molar-refractivity contribution in [3.63, 3.8) is 0 Å². The van der Waals surface area contributed by atoms with E-state index >= 15 is 0 Å². The molecule has 0 saturated heterocycles. The van der Waals surface area contributed by atoms with Gasteiger partial charge < -0.3 is 4.74 Å². The molecule has 0 unspecified atom stereocenters. The van der Waals surface area contributed by atoms with Crippen molar-refractivity contribution in [3.05, 3.63) is 17.5 Å². The zero-order valence-corrected chi connectivity index (χ0v) is 9.37. The lowest BCUT2D eigenvalue weighted by atomic mass is 10.2. The second-order valence-corrected chi connectivity index (χ2v) is 3.42. The number of methoxy groups -OCH3 is 1. The number of nitrogens with zero attached hydrogens (tertiary/aromatic N) is 2. The molecule has 4 nitrogen and oxygen atoms in total. The fourth-order valence-corrected chi connectivity index (χ4v) is 1.24. The minimum Gasteiger partial charge on any atom is -0.459 e. The zero-order chi connectivity index (χ0) is 11.4. The largest absolute Gasteiger partial charge is 0.459 e. The number of ether oxygens (including phenoxy) is 1. The molecule has 1 aromatic heterocycles. The van der Waals surface area contributed by atoms with Crippen LogP contribution in [0, 0.1) is 18.8 Å². The van der Waals surface area contributed by atoms with Crippen molar-refractivity contribution in [2.45, 2.75) is 26.8 Å². The minimum absolute atomic E-state index is 0.290. The van der Waals surface area contributed by atoms with Crippen molar-refractivity contribution in [1.82, 2.24) is 9.78 Å². The molecule has 4 heteroatoms. The molecule has 0 N–H and O–H groups in total. The maximum absolute atomic E-state index is 10.8. The minimum atomic E-state index is -0.535. The molecule has 0 bridgehead atoms. The molecule has 0 aromatic carbocycles. The monoisotopic (exact) mass is 206 g/mol. The number of hydrogen-bond donors (Lipinski definition) is 0. The van der Waals surface area contributed by atoms with Crippen LogP contribution >= 0.6 is 0 Å². The Morgan fingerprint density at radius 3 is 2.73 bits per heavy atom. The Balaban J connectivity index is 2.96. The number of carbonyl (C=O) groups excluding carboxylic acids is 1. The molecule has 15 heavy (non-hydrogen) atoms. The van der Waals surface area contributed by atoms with Crippen LogP contribution < -0.4 is 0 Å². The number of rotatable bonds is 1. The topological polar surface area (TPSA) is 44.1 Å². The van der Waals surface area contributed by atoms with Crippen LogP contribution in [0.4, 0.5) is 0 Å². The van der Waals surface area contributed by atoms with E-state index < -0.39 is 5.97 Å². The molecule has 1 rings (SSSR count). The smallest absolute Gasteiger partial charge is 0.384 e. The van der Waals surface area contributed by atoms with Crippen molar-refractivity contribution >= 4 is 5.97 Å². The maximum atomic E-state index is 10.8. The zero-order valence-electron chi connectivity index (χ0n) is 9.37. The highest BCUT2D eigenvalue weighted by molar-refractivity contribution is 5.89. The van der Waals surface area contributed by atoms with Crippen molar-refractivity contribution in [2.75, 3.05) is 7.11 Å². The van der Waals surface area contributed by atoms with Gasteiger partial charge in [-0.2, -0.15) is 5.10 Å². The highest BCUT2D eigenvalue weighted by atomic mass is 16.5. The summed E-state index contributed by atoms with van der Waals surface area (Å²) in [6.45, 7) is 6.00. The van der Waals surface area contributed by atoms with Gasteiger partial charge in [0.2, 0.25) is 0 Å². The third-order valence-electron chi connectivity index (χ3n) is 2.02. The molecule has 0 aliphatic rings. The van der Waals surface area contributed by atoms with Gasteiger partial charge in [-0.25, -0.2) is 4.79 Å². The summed E-state index contributed by atoms with van der Waals surface area (Å²) in [5.41, 5.74) is 1.72.